The van der Waals surface area contributed by atoms with Crippen LogP contribution in [-0.2, 0) is 58.0 Å². The average Bonchev–Trinajstić information content (AvgIpc) is 3.61. The van der Waals surface area contributed by atoms with Crippen LogP contribution in [0.25, 0.3) is 0 Å². The first kappa shape index (κ1) is 39.7. The number of hydrogen-bond donors (Lipinski definition) is 1. The van der Waals surface area contributed by atoms with Crippen LogP contribution in [0.2, 0.25) is 0 Å². The Morgan fingerprint density at radius 2 is 1.40 bits per heavy atom. The number of carbonyl (C=O) groups is 3. The first-order valence-electron chi connectivity index (χ1n) is 15.3. The number of fused-ring (bicyclic) bond motifs is 7. The summed E-state index contributed by atoms with van der Waals surface area (Å²) in [6.07, 6.45) is 16.2. The standard InChI is InChI=1S/C28H32N2O5.C5H5.F6P.Ru/c1-34-28(33)24-16-20-10-13-23-15-21(20)17-30(24)27(32)26(19-5-3-2-4-6-19)29-25(31)14-9-18-7-11-22(35-23)12-8-18;1-2-4-5-3-1;1-7(2,3,4,5)6;/h7-8,10-13,15,19,24,26H,2-6,9,14,16-17H2,1H3,(H,29,31);1-5H;;/q;;-1;+2/t24-,26-;;;/m0.../s1. The zero-order chi connectivity index (χ0) is 34.3. The van der Waals surface area contributed by atoms with E-state index in [1.54, 1.807) is 4.90 Å². The third kappa shape index (κ3) is 13.3. The predicted octanol–water partition coefficient (Wildman–Crippen LogP) is 8.32. The van der Waals surface area contributed by atoms with Crippen molar-refractivity contribution in [3.8, 4) is 11.5 Å². The Morgan fingerprint density at radius 1 is 0.833 bits per heavy atom. The van der Waals surface area contributed by atoms with Gasteiger partial charge in [-0.05, 0) is 98.2 Å². The quantitative estimate of drug-likeness (QED) is 0.143. The maximum absolute atomic E-state index is 14.0. The van der Waals surface area contributed by atoms with Gasteiger partial charge in [-0.2, -0.15) is 0 Å². The largest absolute Gasteiger partial charge is 2.00 e. The van der Waals surface area contributed by atoms with E-state index in [4.69, 9.17) is 9.47 Å². The molecule has 2 aromatic rings. The van der Waals surface area contributed by atoms with Crippen LogP contribution in [-0.4, -0.2) is 41.9 Å². The fraction of sp³-hybridized carbons (Fsp3) is 0.394. The third-order valence-corrected chi connectivity index (χ3v) is 8.12. The van der Waals surface area contributed by atoms with E-state index in [1.807, 2.05) is 74.6 Å². The van der Waals surface area contributed by atoms with Gasteiger partial charge in [-0.3, -0.25) is 9.59 Å². The number of ether oxygens (including phenoxy) is 2. The van der Waals surface area contributed by atoms with Crippen LogP contribution in [0.3, 0.4) is 0 Å². The van der Waals surface area contributed by atoms with Crippen molar-refractivity contribution >= 4 is 25.6 Å². The van der Waals surface area contributed by atoms with E-state index < -0.39 is 25.9 Å². The zero-order valence-electron chi connectivity index (χ0n) is 26.1. The summed E-state index contributed by atoms with van der Waals surface area (Å²) >= 11 is 0. The number of nitrogens with one attached hydrogen (secondary N) is 1. The zero-order valence-corrected chi connectivity index (χ0v) is 28.7. The van der Waals surface area contributed by atoms with Crippen molar-refractivity contribution in [1.29, 1.82) is 0 Å². The number of hydrogen-bond acceptors (Lipinski definition) is 5. The molecule has 7 nitrogen and oxygen atoms in total. The van der Waals surface area contributed by atoms with Crippen molar-refractivity contribution in [2.45, 2.75) is 70.0 Å². The van der Waals surface area contributed by atoms with Gasteiger partial charge in [0.2, 0.25) is 11.8 Å². The van der Waals surface area contributed by atoms with Gasteiger partial charge in [0.1, 0.15) is 23.6 Å². The van der Waals surface area contributed by atoms with E-state index in [2.05, 4.69) is 5.32 Å². The Bertz CT molecular complexity index is 1400. The minimum absolute atomic E-state index is 0. The van der Waals surface area contributed by atoms with Crippen LogP contribution in [0.5, 0.6) is 11.5 Å². The van der Waals surface area contributed by atoms with Gasteiger partial charge in [0, 0.05) is 19.4 Å². The number of benzene rings is 2. The molecule has 263 valence electrons. The Balaban J connectivity index is 0.000000408. The molecule has 2 saturated carbocycles. The maximum Gasteiger partial charge on any atom is 2.00 e. The second kappa shape index (κ2) is 15.9. The summed E-state index contributed by atoms with van der Waals surface area (Å²) in [5, 5.41) is 3.07. The van der Waals surface area contributed by atoms with Crippen LogP contribution < -0.4 is 10.1 Å². The van der Waals surface area contributed by atoms with E-state index in [1.165, 1.54) is 7.11 Å². The van der Waals surface area contributed by atoms with Crippen molar-refractivity contribution in [1.82, 2.24) is 10.2 Å². The predicted molar refractivity (Wildman–Crippen MR) is 165 cm³/mol. The molecule has 2 aromatic carbocycles. The summed E-state index contributed by atoms with van der Waals surface area (Å²) in [4.78, 5) is 41.4. The molecule has 2 aliphatic carbocycles. The molecule has 2 amide bonds. The molecule has 7 rings (SSSR count). The van der Waals surface area contributed by atoms with Crippen LogP contribution in [0.4, 0.5) is 25.2 Å². The first-order valence-corrected chi connectivity index (χ1v) is 17.3. The molecule has 5 radical (unpaired) electrons. The Hall–Kier alpha value is -2.72. The number of nitrogens with zero attached hydrogens (tertiary/aromatic N) is 1. The van der Waals surface area contributed by atoms with Crippen molar-refractivity contribution in [2.75, 3.05) is 7.11 Å². The Labute approximate surface area is 289 Å². The van der Waals surface area contributed by atoms with E-state index in [0.717, 1.165) is 48.8 Å². The normalized spacial score (nSPS) is 22.7. The van der Waals surface area contributed by atoms with Crippen LogP contribution in [0.15, 0.2) is 42.5 Å². The SMILES string of the molecule is COC(=O)[C@@H]1Cc2ccc3cc2CN1C(=O)[C@H](C1CCCCC1)NC(=O)CCc1ccc(cc1)O3.F[P-](F)(F)(F)(F)F.[CH]1[CH][CH][CH][CH]1.[Ru+2]. The van der Waals surface area contributed by atoms with Crippen LogP contribution in [0.1, 0.15) is 55.2 Å². The number of aryl methyl sites for hydroxylation is 1. The number of carbonyl (C=O) groups excluding carboxylic acids is 3. The summed E-state index contributed by atoms with van der Waals surface area (Å²) < 4.78 is 70.3. The van der Waals surface area contributed by atoms with Crippen molar-refractivity contribution in [2.24, 2.45) is 5.92 Å². The monoisotopic (exact) mass is 788 g/mol. The number of methoxy groups -OCH3 is 1. The second-order valence-corrected chi connectivity index (χ2v) is 13.7. The number of esters is 1. The van der Waals surface area contributed by atoms with Crippen molar-refractivity contribution in [3.05, 3.63) is 91.3 Å². The van der Waals surface area contributed by atoms with E-state index in [-0.39, 0.29) is 43.8 Å². The molecule has 3 aliphatic heterocycles. The Morgan fingerprint density at radius 3 is 1.96 bits per heavy atom. The third-order valence-electron chi connectivity index (χ3n) is 8.12. The van der Waals surface area contributed by atoms with Crippen molar-refractivity contribution in [3.63, 3.8) is 0 Å². The molecule has 0 aromatic heterocycles. The molecule has 2 fully saturated rings. The van der Waals surface area contributed by atoms with E-state index >= 15 is 0 Å². The van der Waals surface area contributed by atoms with Crippen molar-refractivity contribution < 1.29 is 68.5 Å². The maximum atomic E-state index is 14.0. The minimum atomic E-state index is -10.7. The van der Waals surface area contributed by atoms with Gasteiger partial charge in [0.15, 0.2) is 0 Å². The van der Waals surface area contributed by atoms with Gasteiger partial charge < -0.3 is 19.7 Å². The summed E-state index contributed by atoms with van der Waals surface area (Å²) in [7, 11) is -9.31. The molecular weight excluding hydrogens is 750 g/mol. The molecule has 0 unspecified atom stereocenters. The van der Waals surface area contributed by atoms with Gasteiger partial charge in [-0.25, -0.2) is 4.79 Å². The molecular formula is C33H37F6N2O5PRu+. The van der Waals surface area contributed by atoms with Gasteiger partial charge in [-0.1, -0.05) is 37.5 Å². The van der Waals surface area contributed by atoms with E-state index in [0.29, 0.717) is 30.8 Å². The number of amides is 2. The summed E-state index contributed by atoms with van der Waals surface area (Å²) in [6.45, 7) is 0.267. The molecule has 5 bridgehead atoms. The van der Waals surface area contributed by atoms with Crippen LogP contribution in [0, 0.1) is 38.0 Å². The topological polar surface area (TPSA) is 84.9 Å². The molecule has 0 spiro atoms. The molecule has 3 heterocycles. The molecule has 0 saturated heterocycles. The molecule has 48 heavy (non-hydrogen) atoms. The molecule has 5 aliphatic rings. The second-order valence-electron chi connectivity index (χ2n) is 11.7. The summed E-state index contributed by atoms with van der Waals surface area (Å²) in [5.74, 6) is 0.673. The smallest absolute Gasteiger partial charge is 0.0312 e. The van der Waals surface area contributed by atoms with Gasteiger partial charge in [-0.15, -0.1) is 0 Å². The van der Waals surface area contributed by atoms with Gasteiger partial charge >= 0.3 is 58.4 Å². The first-order chi connectivity index (χ1) is 22.0. The number of halogens is 6. The summed E-state index contributed by atoms with van der Waals surface area (Å²) in [6, 6.07) is 12.2. The average molecular weight is 788 g/mol. The van der Waals surface area contributed by atoms with E-state index in [9.17, 15) is 39.6 Å². The number of rotatable bonds is 2. The van der Waals surface area contributed by atoms with Crippen LogP contribution >= 0.6 is 7.81 Å². The Kier molecular flexibility index (Phi) is 13.1. The van der Waals surface area contributed by atoms with Gasteiger partial charge in [0.05, 0.1) is 7.11 Å². The molecule has 1 N–H and O–H groups in total. The fourth-order valence-corrected chi connectivity index (χ4v) is 5.91. The molecule has 15 heteroatoms. The van der Waals surface area contributed by atoms with Gasteiger partial charge in [0.25, 0.3) is 0 Å². The fourth-order valence-electron chi connectivity index (χ4n) is 5.91. The minimum Gasteiger partial charge on any atom is -0.0312 e. The molecule has 2 atom stereocenters. The summed E-state index contributed by atoms with van der Waals surface area (Å²) in [5.41, 5.74) is 2.96.